The number of fused-ring (bicyclic) bond motifs is 1. The van der Waals surface area contributed by atoms with Crippen LogP contribution in [0.5, 0.6) is 0 Å². The fraction of sp³-hybridized carbons (Fsp3) is 0.524. The Kier molecular flexibility index (Phi) is 4.91. The molecule has 0 bridgehead atoms. The van der Waals surface area contributed by atoms with E-state index in [1.807, 2.05) is 15.9 Å². The van der Waals surface area contributed by atoms with Crippen LogP contribution in [0, 0.1) is 13.8 Å². The summed E-state index contributed by atoms with van der Waals surface area (Å²) in [6.07, 6.45) is 3.50. The fourth-order valence-corrected chi connectivity index (χ4v) is 3.90. The van der Waals surface area contributed by atoms with Gasteiger partial charge in [0.1, 0.15) is 11.7 Å². The summed E-state index contributed by atoms with van der Waals surface area (Å²) in [5.41, 5.74) is 4.13. The van der Waals surface area contributed by atoms with E-state index in [1.165, 1.54) is 11.1 Å². The Balaban J connectivity index is 1.37. The highest BCUT2D eigenvalue weighted by molar-refractivity contribution is 5.88. The molecule has 0 radical (unpaired) electrons. The zero-order valence-corrected chi connectivity index (χ0v) is 16.0. The third-order valence-electron chi connectivity index (χ3n) is 5.76. The van der Waals surface area contributed by atoms with Crippen LogP contribution < -0.4 is 0 Å². The molecular weight excluding hydrogens is 344 g/mol. The molecule has 4 rings (SSSR count). The lowest BCUT2D eigenvalue weighted by molar-refractivity contribution is -0.145. The molecule has 6 heteroatoms. The van der Waals surface area contributed by atoms with Crippen LogP contribution in [-0.2, 0) is 20.7 Å². The molecule has 0 saturated carbocycles. The van der Waals surface area contributed by atoms with E-state index in [0.29, 0.717) is 39.2 Å². The van der Waals surface area contributed by atoms with E-state index >= 15 is 0 Å². The van der Waals surface area contributed by atoms with Gasteiger partial charge in [-0.2, -0.15) is 0 Å². The minimum absolute atomic E-state index is 0.0753. The van der Waals surface area contributed by atoms with Crippen LogP contribution in [0.15, 0.2) is 22.8 Å². The van der Waals surface area contributed by atoms with Crippen molar-refractivity contribution >= 4 is 22.8 Å². The van der Waals surface area contributed by atoms with E-state index < -0.39 is 0 Å². The number of hydrogen-bond donors (Lipinski definition) is 0. The number of hydrogen-bond acceptors (Lipinski definition) is 4. The summed E-state index contributed by atoms with van der Waals surface area (Å²) in [7, 11) is 0. The Hall–Kier alpha value is -2.34. The second kappa shape index (κ2) is 7.35. The summed E-state index contributed by atoms with van der Waals surface area (Å²) < 4.78 is 11.1. The maximum atomic E-state index is 12.7. The first kappa shape index (κ1) is 18.0. The molecule has 1 aromatic heterocycles. The molecule has 2 amide bonds. The summed E-state index contributed by atoms with van der Waals surface area (Å²) in [6.45, 7) is 7.10. The molecule has 2 aliphatic rings. The zero-order chi connectivity index (χ0) is 19.0. The standard InChI is InChI=1S/C21H26N2O4/c1-14-10-17-16(13-27-19(17)11-15(14)2)12-20(24)22-5-7-23(8-6-22)21(25)18-4-3-9-26-18/h10-11,13,18H,3-9,12H2,1-2H3. The monoisotopic (exact) mass is 370 g/mol. The van der Waals surface area contributed by atoms with E-state index in [9.17, 15) is 9.59 Å². The van der Waals surface area contributed by atoms with Crippen LogP contribution in [-0.4, -0.2) is 60.5 Å². The van der Waals surface area contributed by atoms with Gasteiger partial charge in [-0.1, -0.05) is 0 Å². The van der Waals surface area contributed by atoms with Crippen LogP contribution in [0.4, 0.5) is 0 Å². The van der Waals surface area contributed by atoms with Gasteiger partial charge in [-0.25, -0.2) is 0 Å². The van der Waals surface area contributed by atoms with Gasteiger partial charge in [0.25, 0.3) is 5.91 Å². The Morgan fingerprint density at radius 3 is 2.48 bits per heavy atom. The number of benzene rings is 1. The van der Waals surface area contributed by atoms with Crippen molar-refractivity contribution in [1.82, 2.24) is 9.80 Å². The number of carbonyl (C=O) groups is 2. The Bertz CT molecular complexity index is 858. The molecular formula is C21H26N2O4. The van der Waals surface area contributed by atoms with Crippen LogP contribution in [0.2, 0.25) is 0 Å². The smallest absolute Gasteiger partial charge is 0.251 e. The Morgan fingerprint density at radius 1 is 1.07 bits per heavy atom. The number of amides is 2. The summed E-state index contributed by atoms with van der Waals surface area (Å²) in [6, 6.07) is 4.11. The van der Waals surface area contributed by atoms with Crippen LogP contribution >= 0.6 is 0 Å². The van der Waals surface area contributed by atoms with Crippen LogP contribution in [0.3, 0.4) is 0 Å². The highest BCUT2D eigenvalue weighted by Crippen LogP contribution is 2.25. The van der Waals surface area contributed by atoms with E-state index in [1.54, 1.807) is 6.26 Å². The van der Waals surface area contributed by atoms with Gasteiger partial charge in [-0.3, -0.25) is 9.59 Å². The van der Waals surface area contributed by atoms with Gasteiger partial charge in [0.15, 0.2) is 0 Å². The van der Waals surface area contributed by atoms with Crippen LogP contribution in [0.1, 0.15) is 29.5 Å². The number of carbonyl (C=O) groups excluding carboxylic acids is 2. The summed E-state index contributed by atoms with van der Waals surface area (Å²) in [4.78, 5) is 28.9. The van der Waals surface area contributed by atoms with Gasteiger partial charge in [-0.15, -0.1) is 0 Å². The molecule has 1 unspecified atom stereocenters. The van der Waals surface area contributed by atoms with Gasteiger partial charge in [-0.05, 0) is 49.9 Å². The van der Waals surface area contributed by atoms with Crippen molar-refractivity contribution in [3.63, 3.8) is 0 Å². The molecule has 2 fully saturated rings. The highest BCUT2D eigenvalue weighted by Gasteiger charge is 2.31. The van der Waals surface area contributed by atoms with Crippen molar-refractivity contribution in [2.75, 3.05) is 32.8 Å². The molecule has 2 aliphatic heterocycles. The lowest BCUT2D eigenvalue weighted by atomic mass is 10.0. The first-order valence-electron chi connectivity index (χ1n) is 9.68. The predicted octanol–water partition coefficient (Wildman–Crippen LogP) is 2.44. The molecule has 1 aromatic carbocycles. The maximum Gasteiger partial charge on any atom is 0.251 e. The van der Waals surface area contributed by atoms with Crippen molar-refractivity contribution in [2.24, 2.45) is 0 Å². The van der Waals surface area contributed by atoms with Gasteiger partial charge >= 0.3 is 0 Å². The number of piperazine rings is 1. The number of nitrogens with zero attached hydrogens (tertiary/aromatic N) is 2. The predicted molar refractivity (Wildman–Crippen MR) is 102 cm³/mol. The minimum atomic E-state index is -0.281. The topological polar surface area (TPSA) is 63.0 Å². The third kappa shape index (κ3) is 3.58. The molecule has 6 nitrogen and oxygen atoms in total. The SMILES string of the molecule is Cc1cc2occ(CC(=O)N3CCN(C(=O)C4CCCO4)CC3)c2cc1C. The quantitative estimate of drug-likeness (QED) is 0.833. The molecule has 144 valence electrons. The molecule has 0 N–H and O–H groups in total. The van der Waals surface area contributed by atoms with Gasteiger partial charge in [0, 0.05) is 43.7 Å². The van der Waals surface area contributed by atoms with Gasteiger partial charge in [0.2, 0.25) is 5.91 Å². The second-order valence-corrected chi connectivity index (χ2v) is 7.58. The van der Waals surface area contributed by atoms with Gasteiger partial charge < -0.3 is 19.0 Å². The Labute approximate surface area is 159 Å². The van der Waals surface area contributed by atoms with Gasteiger partial charge in [0.05, 0.1) is 12.7 Å². The average molecular weight is 370 g/mol. The van der Waals surface area contributed by atoms with E-state index in [4.69, 9.17) is 9.15 Å². The second-order valence-electron chi connectivity index (χ2n) is 7.58. The van der Waals surface area contributed by atoms with Crippen molar-refractivity contribution in [1.29, 1.82) is 0 Å². The Morgan fingerprint density at radius 2 is 1.78 bits per heavy atom. The number of aryl methyl sites for hydroxylation is 2. The zero-order valence-electron chi connectivity index (χ0n) is 16.0. The molecule has 3 heterocycles. The minimum Gasteiger partial charge on any atom is -0.464 e. The highest BCUT2D eigenvalue weighted by atomic mass is 16.5. The summed E-state index contributed by atoms with van der Waals surface area (Å²) in [5.74, 6) is 0.159. The molecule has 0 spiro atoms. The molecule has 0 aliphatic carbocycles. The lowest BCUT2D eigenvalue weighted by Gasteiger charge is -2.35. The molecule has 27 heavy (non-hydrogen) atoms. The summed E-state index contributed by atoms with van der Waals surface area (Å²) in [5, 5.41) is 1.01. The third-order valence-corrected chi connectivity index (χ3v) is 5.76. The van der Waals surface area contributed by atoms with Crippen molar-refractivity contribution < 1.29 is 18.7 Å². The molecule has 2 saturated heterocycles. The number of rotatable bonds is 3. The molecule has 2 aromatic rings. The van der Waals surface area contributed by atoms with Crippen molar-refractivity contribution in [2.45, 2.75) is 39.2 Å². The lowest BCUT2D eigenvalue weighted by Crippen LogP contribution is -2.53. The normalized spacial score (nSPS) is 20.4. The van der Waals surface area contributed by atoms with E-state index in [0.717, 1.165) is 29.4 Å². The van der Waals surface area contributed by atoms with Crippen LogP contribution in [0.25, 0.3) is 11.0 Å². The average Bonchev–Trinajstić information content (AvgIpc) is 3.33. The van der Waals surface area contributed by atoms with E-state index in [2.05, 4.69) is 19.9 Å². The van der Waals surface area contributed by atoms with Crippen molar-refractivity contribution in [3.8, 4) is 0 Å². The maximum absolute atomic E-state index is 12.7. The molecule has 1 atom stereocenters. The van der Waals surface area contributed by atoms with Crippen molar-refractivity contribution in [3.05, 3.63) is 35.1 Å². The first-order chi connectivity index (χ1) is 13.0. The summed E-state index contributed by atoms with van der Waals surface area (Å²) >= 11 is 0. The fourth-order valence-electron chi connectivity index (χ4n) is 3.90. The van der Waals surface area contributed by atoms with E-state index in [-0.39, 0.29) is 17.9 Å². The number of ether oxygens (including phenoxy) is 1. The largest absolute Gasteiger partial charge is 0.464 e. The first-order valence-corrected chi connectivity index (χ1v) is 9.68. The number of furan rings is 1.